The summed E-state index contributed by atoms with van der Waals surface area (Å²) in [7, 11) is 0. The van der Waals surface area contributed by atoms with Crippen LogP contribution in [0, 0.1) is 11.6 Å². The lowest BCUT2D eigenvalue weighted by molar-refractivity contribution is 0.0525. The van der Waals surface area contributed by atoms with Gasteiger partial charge in [0.15, 0.2) is 5.01 Å². The van der Waals surface area contributed by atoms with E-state index in [2.05, 4.69) is 10.2 Å². The molecule has 1 aromatic heterocycles. The van der Waals surface area contributed by atoms with Crippen molar-refractivity contribution in [2.24, 2.45) is 0 Å². The number of aromatic nitrogens is 2. The summed E-state index contributed by atoms with van der Waals surface area (Å²) in [4.78, 5) is 11.4. The van der Waals surface area contributed by atoms with Gasteiger partial charge < -0.3 is 4.74 Å². The second kappa shape index (κ2) is 5.18. The van der Waals surface area contributed by atoms with Crippen LogP contribution >= 0.6 is 11.3 Å². The number of hydrogen-bond acceptors (Lipinski definition) is 5. The minimum Gasteiger partial charge on any atom is -0.461 e. The standard InChI is InChI=1S/C11H8F2N2O2S/c1-2-17-11(16)10-15-14-9(18-10)8-6(12)4-3-5-7(8)13/h3-5H,2H2,1H3. The van der Waals surface area contributed by atoms with Crippen molar-refractivity contribution < 1.29 is 18.3 Å². The lowest BCUT2D eigenvalue weighted by Gasteiger charge is -1.99. The van der Waals surface area contributed by atoms with E-state index in [9.17, 15) is 13.6 Å². The lowest BCUT2D eigenvalue weighted by Crippen LogP contribution is -2.03. The topological polar surface area (TPSA) is 52.1 Å². The number of nitrogens with zero attached hydrogens (tertiary/aromatic N) is 2. The second-order valence-corrected chi connectivity index (χ2v) is 4.21. The molecule has 0 radical (unpaired) electrons. The zero-order valence-electron chi connectivity index (χ0n) is 9.31. The van der Waals surface area contributed by atoms with Gasteiger partial charge in [0.25, 0.3) is 0 Å². The van der Waals surface area contributed by atoms with E-state index in [0.29, 0.717) is 0 Å². The van der Waals surface area contributed by atoms with E-state index >= 15 is 0 Å². The number of ether oxygens (including phenoxy) is 1. The van der Waals surface area contributed by atoms with Gasteiger partial charge in [0.2, 0.25) is 5.01 Å². The molecule has 0 spiro atoms. The average molecular weight is 270 g/mol. The van der Waals surface area contributed by atoms with Gasteiger partial charge in [0.05, 0.1) is 12.2 Å². The molecule has 0 amide bonds. The van der Waals surface area contributed by atoms with Gasteiger partial charge in [-0.1, -0.05) is 17.4 Å². The summed E-state index contributed by atoms with van der Waals surface area (Å²) in [6.45, 7) is 1.85. The Bertz CT molecular complexity index is 566. The fourth-order valence-electron chi connectivity index (χ4n) is 1.30. The molecule has 0 atom stereocenters. The van der Waals surface area contributed by atoms with Crippen molar-refractivity contribution in [3.8, 4) is 10.6 Å². The molecule has 1 heterocycles. The van der Waals surface area contributed by atoms with Crippen LogP contribution in [0.15, 0.2) is 18.2 Å². The SMILES string of the molecule is CCOC(=O)c1nnc(-c2c(F)cccc2F)s1. The molecule has 2 aromatic rings. The number of carbonyl (C=O) groups excluding carboxylic acids is 1. The summed E-state index contributed by atoms with van der Waals surface area (Å²) < 4.78 is 31.7. The minimum atomic E-state index is -0.749. The highest BCUT2D eigenvalue weighted by Crippen LogP contribution is 2.28. The Labute approximate surface area is 105 Å². The highest BCUT2D eigenvalue weighted by atomic mass is 32.1. The van der Waals surface area contributed by atoms with Crippen LogP contribution in [0.25, 0.3) is 10.6 Å². The molecule has 0 saturated heterocycles. The smallest absolute Gasteiger partial charge is 0.369 e. The fourth-order valence-corrected chi connectivity index (χ4v) is 2.09. The molecule has 0 saturated carbocycles. The maximum atomic E-state index is 13.5. The van der Waals surface area contributed by atoms with Gasteiger partial charge in [-0.05, 0) is 19.1 Å². The summed E-state index contributed by atoms with van der Waals surface area (Å²) >= 11 is 0.786. The number of halogens is 2. The van der Waals surface area contributed by atoms with Crippen LogP contribution in [0.5, 0.6) is 0 Å². The summed E-state index contributed by atoms with van der Waals surface area (Å²) in [5, 5.41) is 7.13. The molecule has 0 fully saturated rings. The maximum absolute atomic E-state index is 13.5. The van der Waals surface area contributed by atoms with Crippen LogP contribution in [0.3, 0.4) is 0 Å². The van der Waals surface area contributed by atoms with Crippen molar-refractivity contribution in [1.82, 2.24) is 10.2 Å². The normalized spacial score (nSPS) is 10.4. The van der Waals surface area contributed by atoms with E-state index < -0.39 is 17.6 Å². The molecule has 4 nitrogen and oxygen atoms in total. The van der Waals surface area contributed by atoms with Crippen molar-refractivity contribution in [1.29, 1.82) is 0 Å². The second-order valence-electron chi connectivity index (χ2n) is 3.23. The average Bonchev–Trinajstić information content (AvgIpc) is 2.78. The van der Waals surface area contributed by atoms with Crippen molar-refractivity contribution in [2.45, 2.75) is 6.92 Å². The number of benzene rings is 1. The van der Waals surface area contributed by atoms with Gasteiger partial charge >= 0.3 is 5.97 Å². The van der Waals surface area contributed by atoms with Crippen LogP contribution < -0.4 is 0 Å². The van der Waals surface area contributed by atoms with Crippen LogP contribution in [0.2, 0.25) is 0 Å². The lowest BCUT2D eigenvalue weighted by atomic mass is 10.2. The van der Waals surface area contributed by atoms with E-state index in [1.807, 2.05) is 0 Å². The van der Waals surface area contributed by atoms with E-state index in [4.69, 9.17) is 4.74 Å². The van der Waals surface area contributed by atoms with Gasteiger partial charge in [-0.2, -0.15) is 0 Å². The molecule has 0 N–H and O–H groups in total. The Kier molecular flexibility index (Phi) is 3.61. The van der Waals surface area contributed by atoms with Gasteiger partial charge in [0, 0.05) is 0 Å². The van der Waals surface area contributed by atoms with Gasteiger partial charge in [-0.25, -0.2) is 13.6 Å². The molecule has 0 bridgehead atoms. The van der Waals surface area contributed by atoms with Crippen molar-refractivity contribution in [3.05, 3.63) is 34.8 Å². The first-order valence-electron chi connectivity index (χ1n) is 5.08. The fraction of sp³-hybridized carbons (Fsp3) is 0.182. The zero-order chi connectivity index (χ0) is 13.1. The molecule has 0 aliphatic heterocycles. The van der Waals surface area contributed by atoms with Crippen LogP contribution in [0.1, 0.15) is 16.7 Å². The molecule has 1 aromatic carbocycles. The third-order valence-electron chi connectivity index (χ3n) is 2.05. The molecular formula is C11H8F2N2O2S. The summed E-state index contributed by atoms with van der Waals surface area (Å²) in [5.74, 6) is -2.15. The molecule has 0 aliphatic carbocycles. The van der Waals surface area contributed by atoms with Crippen LogP contribution in [-0.4, -0.2) is 22.8 Å². The first-order chi connectivity index (χ1) is 8.63. The van der Waals surface area contributed by atoms with Gasteiger partial charge in [-0.3, -0.25) is 0 Å². The predicted molar refractivity (Wildman–Crippen MR) is 61.2 cm³/mol. The number of hydrogen-bond donors (Lipinski definition) is 0. The Morgan fingerprint density at radius 2 is 2.00 bits per heavy atom. The Hall–Kier alpha value is -1.89. The number of carbonyl (C=O) groups is 1. The van der Waals surface area contributed by atoms with Crippen LogP contribution in [-0.2, 0) is 4.74 Å². The molecule has 2 rings (SSSR count). The zero-order valence-corrected chi connectivity index (χ0v) is 10.1. The van der Waals surface area contributed by atoms with E-state index in [1.54, 1.807) is 6.92 Å². The summed E-state index contributed by atoms with van der Waals surface area (Å²) in [6, 6.07) is 3.48. The predicted octanol–water partition coefficient (Wildman–Crippen LogP) is 2.66. The molecule has 0 aliphatic rings. The Balaban J connectivity index is 2.38. The number of esters is 1. The molecule has 7 heteroatoms. The van der Waals surface area contributed by atoms with E-state index in [-0.39, 0.29) is 22.2 Å². The third kappa shape index (κ3) is 2.35. The maximum Gasteiger partial charge on any atom is 0.369 e. The van der Waals surface area contributed by atoms with Gasteiger partial charge in [-0.15, -0.1) is 10.2 Å². The first kappa shape index (κ1) is 12.6. The first-order valence-corrected chi connectivity index (χ1v) is 5.90. The summed E-state index contributed by atoms with van der Waals surface area (Å²) in [5.41, 5.74) is -0.287. The Morgan fingerprint density at radius 1 is 1.33 bits per heavy atom. The summed E-state index contributed by atoms with van der Waals surface area (Å²) in [6.07, 6.45) is 0. The largest absolute Gasteiger partial charge is 0.461 e. The third-order valence-corrected chi connectivity index (χ3v) is 2.97. The minimum absolute atomic E-state index is 0.00801. The quantitative estimate of drug-likeness (QED) is 0.805. The molecule has 18 heavy (non-hydrogen) atoms. The van der Waals surface area contributed by atoms with Crippen molar-refractivity contribution in [2.75, 3.05) is 6.61 Å². The molecular weight excluding hydrogens is 262 g/mol. The van der Waals surface area contributed by atoms with Crippen molar-refractivity contribution >= 4 is 17.3 Å². The van der Waals surface area contributed by atoms with Crippen molar-refractivity contribution in [3.63, 3.8) is 0 Å². The van der Waals surface area contributed by atoms with E-state index in [1.165, 1.54) is 6.07 Å². The van der Waals surface area contributed by atoms with E-state index in [0.717, 1.165) is 23.5 Å². The Morgan fingerprint density at radius 3 is 2.61 bits per heavy atom. The highest BCUT2D eigenvalue weighted by Gasteiger charge is 2.19. The monoisotopic (exact) mass is 270 g/mol. The molecule has 0 unspecified atom stereocenters. The highest BCUT2D eigenvalue weighted by molar-refractivity contribution is 7.16. The number of rotatable bonds is 3. The van der Waals surface area contributed by atoms with Crippen LogP contribution in [0.4, 0.5) is 8.78 Å². The van der Waals surface area contributed by atoms with Gasteiger partial charge in [0.1, 0.15) is 11.6 Å². The molecule has 94 valence electrons.